The number of nitrogens with two attached hydrogens (primary N) is 1. The summed E-state index contributed by atoms with van der Waals surface area (Å²) in [4.78, 5) is 12.9. The van der Waals surface area contributed by atoms with Crippen LogP contribution < -0.4 is 5.73 Å². The van der Waals surface area contributed by atoms with Gasteiger partial charge in [-0.25, -0.2) is 9.18 Å². The van der Waals surface area contributed by atoms with E-state index in [4.69, 9.17) is 10.5 Å². The predicted octanol–water partition coefficient (Wildman–Crippen LogP) is 4.25. The Bertz CT molecular complexity index is 669. The van der Waals surface area contributed by atoms with Crippen LogP contribution in [0.15, 0.2) is 22.7 Å². The van der Waals surface area contributed by atoms with Crippen molar-refractivity contribution in [3.05, 3.63) is 38.9 Å². The van der Waals surface area contributed by atoms with Gasteiger partial charge >= 0.3 is 5.97 Å². The maximum atomic E-state index is 13.5. The fourth-order valence-electron chi connectivity index (χ4n) is 1.96. The Balaban J connectivity index is 2.68. The van der Waals surface area contributed by atoms with Gasteiger partial charge in [-0.05, 0) is 30.2 Å². The summed E-state index contributed by atoms with van der Waals surface area (Å²) in [5.74, 6) is -0.808. The van der Waals surface area contributed by atoms with Crippen LogP contribution in [-0.2, 0) is 11.2 Å². The minimum absolute atomic E-state index is 0.336. The van der Waals surface area contributed by atoms with Crippen molar-refractivity contribution < 1.29 is 13.9 Å². The van der Waals surface area contributed by atoms with Gasteiger partial charge in [0.25, 0.3) is 0 Å². The molecule has 0 atom stereocenters. The number of hydrogen-bond acceptors (Lipinski definition) is 4. The highest BCUT2D eigenvalue weighted by Gasteiger charge is 2.22. The highest BCUT2D eigenvalue weighted by molar-refractivity contribution is 9.10. The van der Waals surface area contributed by atoms with Crippen molar-refractivity contribution in [2.24, 2.45) is 0 Å². The number of carbonyl (C=O) groups is 1. The molecule has 20 heavy (non-hydrogen) atoms. The maximum Gasteiger partial charge on any atom is 0.350 e. The van der Waals surface area contributed by atoms with Crippen LogP contribution in [0.5, 0.6) is 0 Å². The molecule has 106 valence electrons. The summed E-state index contributed by atoms with van der Waals surface area (Å²) in [6.45, 7) is 1.94. The van der Waals surface area contributed by atoms with Crippen molar-refractivity contribution in [2.75, 3.05) is 12.8 Å². The SMILES string of the molecule is CCc1c(-c2cc(F)ccc2Br)sc(C(=O)OC)c1N. The summed E-state index contributed by atoms with van der Waals surface area (Å²) in [5, 5.41) is 0. The average Bonchev–Trinajstić information content (AvgIpc) is 2.77. The largest absolute Gasteiger partial charge is 0.465 e. The number of esters is 1. The van der Waals surface area contributed by atoms with E-state index in [1.54, 1.807) is 6.07 Å². The smallest absolute Gasteiger partial charge is 0.350 e. The zero-order valence-corrected chi connectivity index (χ0v) is 13.4. The number of halogens is 2. The molecule has 0 aliphatic rings. The number of anilines is 1. The summed E-state index contributed by atoms with van der Waals surface area (Å²) in [7, 11) is 1.31. The van der Waals surface area contributed by atoms with Crippen LogP contribution in [0.2, 0.25) is 0 Å². The molecular formula is C14H13BrFNO2S. The lowest BCUT2D eigenvalue weighted by atomic mass is 10.1. The molecular weight excluding hydrogens is 345 g/mol. The van der Waals surface area contributed by atoms with Crippen LogP contribution in [0, 0.1) is 5.82 Å². The van der Waals surface area contributed by atoms with E-state index in [-0.39, 0.29) is 5.82 Å². The number of rotatable bonds is 3. The highest BCUT2D eigenvalue weighted by atomic mass is 79.9. The van der Waals surface area contributed by atoms with Crippen molar-refractivity contribution in [3.8, 4) is 10.4 Å². The summed E-state index contributed by atoms with van der Waals surface area (Å²) >= 11 is 4.62. The fourth-order valence-corrected chi connectivity index (χ4v) is 3.80. The van der Waals surface area contributed by atoms with Crippen LogP contribution in [0.25, 0.3) is 10.4 Å². The Morgan fingerprint density at radius 1 is 1.50 bits per heavy atom. The lowest BCUT2D eigenvalue weighted by Crippen LogP contribution is -2.02. The molecule has 1 aromatic carbocycles. The van der Waals surface area contributed by atoms with E-state index >= 15 is 0 Å². The van der Waals surface area contributed by atoms with E-state index < -0.39 is 5.97 Å². The molecule has 0 radical (unpaired) electrons. The van der Waals surface area contributed by atoms with Crippen molar-refractivity contribution in [2.45, 2.75) is 13.3 Å². The van der Waals surface area contributed by atoms with Gasteiger partial charge in [-0.15, -0.1) is 11.3 Å². The third kappa shape index (κ3) is 2.58. The van der Waals surface area contributed by atoms with Gasteiger partial charge in [0.15, 0.2) is 0 Å². The molecule has 0 amide bonds. The van der Waals surface area contributed by atoms with E-state index in [1.165, 1.54) is 30.6 Å². The van der Waals surface area contributed by atoms with Gasteiger partial charge < -0.3 is 10.5 Å². The lowest BCUT2D eigenvalue weighted by Gasteiger charge is -2.05. The second-order valence-electron chi connectivity index (χ2n) is 4.12. The molecule has 3 nitrogen and oxygen atoms in total. The quantitative estimate of drug-likeness (QED) is 0.835. The van der Waals surface area contributed by atoms with Crippen LogP contribution in [0.3, 0.4) is 0 Å². The molecule has 6 heteroatoms. The molecule has 2 rings (SSSR count). The summed E-state index contributed by atoms with van der Waals surface area (Å²) in [5.41, 5.74) is 7.95. The molecule has 1 heterocycles. The number of nitrogen functional groups attached to an aromatic ring is 1. The lowest BCUT2D eigenvalue weighted by molar-refractivity contribution is 0.0607. The number of carbonyl (C=O) groups excluding carboxylic acids is 1. The van der Waals surface area contributed by atoms with Crippen LogP contribution in [0.4, 0.5) is 10.1 Å². The van der Waals surface area contributed by atoms with E-state index in [1.807, 2.05) is 6.92 Å². The topological polar surface area (TPSA) is 52.3 Å². The Morgan fingerprint density at radius 2 is 2.20 bits per heavy atom. The number of benzene rings is 1. The number of methoxy groups -OCH3 is 1. The first-order chi connectivity index (χ1) is 9.49. The maximum absolute atomic E-state index is 13.5. The minimum Gasteiger partial charge on any atom is -0.465 e. The van der Waals surface area contributed by atoms with Crippen LogP contribution in [0.1, 0.15) is 22.2 Å². The first-order valence-electron chi connectivity index (χ1n) is 5.94. The second kappa shape index (κ2) is 5.93. The third-order valence-electron chi connectivity index (χ3n) is 2.95. The van der Waals surface area contributed by atoms with Crippen LogP contribution in [-0.4, -0.2) is 13.1 Å². The van der Waals surface area contributed by atoms with Crippen molar-refractivity contribution in [3.63, 3.8) is 0 Å². The highest BCUT2D eigenvalue weighted by Crippen LogP contribution is 2.42. The molecule has 0 unspecified atom stereocenters. The minimum atomic E-state index is -0.471. The van der Waals surface area contributed by atoms with E-state index in [0.29, 0.717) is 22.5 Å². The Hall–Kier alpha value is -1.40. The molecule has 2 aromatic rings. The molecule has 0 spiro atoms. The van der Waals surface area contributed by atoms with Crippen molar-refractivity contribution >= 4 is 38.9 Å². The molecule has 0 saturated carbocycles. The Kier molecular flexibility index (Phi) is 4.45. The van der Waals surface area contributed by atoms with Gasteiger partial charge in [0, 0.05) is 14.9 Å². The van der Waals surface area contributed by atoms with Gasteiger partial charge in [0.1, 0.15) is 10.7 Å². The normalized spacial score (nSPS) is 10.6. The van der Waals surface area contributed by atoms with Gasteiger partial charge in [-0.1, -0.05) is 22.9 Å². The van der Waals surface area contributed by atoms with Crippen molar-refractivity contribution in [1.82, 2.24) is 0 Å². The zero-order valence-electron chi connectivity index (χ0n) is 11.0. The first kappa shape index (κ1) is 15.0. The summed E-state index contributed by atoms with van der Waals surface area (Å²) in [6, 6.07) is 4.44. The van der Waals surface area contributed by atoms with Crippen molar-refractivity contribution in [1.29, 1.82) is 0 Å². The summed E-state index contributed by atoms with van der Waals surface area (Å²) in [6.07, 6.45) is 0.650. The monoisotopic (exact) mass is 357 g/mol. The second-order valence-corrected chi connectivity index (χ2v) is 6.00. The van der Waals surface area contributed by atoms with E-state index in [9.17, 15) is 9.18 Å². The number of ether oxygens (including phenoxy) is 1. The van der Waals surface area contributed by atoms with Gasteiger partial charge in [0.2, 0.25) is 0 Å². The number of hydrogen-bond donors (Lipinski definition) is 1. The predicted molar refractivity (Wildman–Crippen MR) is 82.5 cm³/mol. The Labute approximate surface area is 128 Å². The Morgan fingerprint density at radius 3 is 2.80 bits per heavy atom. The van der Waals surface area contributed by atoms with Gasteiger partial charge in [-0.3, -0.25) is 0 Å². The van der Waals surface area contributed by atoms with E-state index in [0.717, 1.165) is 14.9 Å². The molecule has 0 aliphatic carbocycles. The molecule has 0 saturated heterocycles. The van der Waals surface area contributed by atoms with Gasteiger partial charge in [-0.2, -0.15) is 0 Å². The van der Waals surface area contributed by atoms with Gasteiger partial charge in [0.05, 0.1) is 12.8 Å². The first-order valence-corrected chi connectivity index (χ1v) is 7.55. The molecule has 2 N–H and O–H groups in total. The standard InChI is InChI=1S/C14H13BrFNO2S/c1-3-8-11(17)13(14(18)19-2)20-12(8)9-6-7(16)4-5-10(9)15/h4-6H,3,17H2,1-2H3. The molecule has 0 aliphatic heterocycles. The molecule has 0 bridgehead atoms. The number of thiophene rings is 1. The molecule has 1 aromatic heterocycles. The van der Waals surface area contributed by atoms with E-state index in [2.05, 4.69) is 15.9 Å². The average molecular weight is 358 g/mol. The third-order valence-corrected chi connectivity index (χ3v) is 4.90. The van der Waals surface area contributed by atoms with Crippen LogP contribution >= 0.6 is 27.3 Å². The fraction of sp³-hybridized carbons (Fsp3) is 0.214. The summed E-state index contributed by atoms with van der Waals surface area (Å²) < 4.78 is 18.9. The molecule has 0 fully saturated rings. The zero-order chi connectivity index (χ0) is 14.9.